The van der Waals surface area contributed by atoms with Crippen LogP contribution in [0.15, 0.2) is 30.3 Å². The van der Waals surface area contributed by atoms with E-state index in [1.54, 1.807) is 0 Å². The zero-order chi connectivity index (χ0) is 11.1. The van der Waals surface area contributed by atoms with E-state index in [1.165, 1.54) is 0 Å². The highest BCUT2D eigenvalue weighted by Gasteiger charge is 2.45. The minimum Gasteiger partial charge on any atom is -0.250 e. The molecule has 0 atom stereocenters. The maximum Gasteiger partial charge on any atom is 0.373 e. The van der Waals surface area contributed by atoms with Crippen molar-refractivity contribution < 1.29 is 13.8 Å². The van der Waals surface area contributed by atoms with Gasteiger partial charge in [0.2, 0.25) is 0 Å². The Kier molecular flexibility index (Phi) is 4.89. The number of carbonyl (C=O) groups excluding carboxylic acids is 1. The van der Waals surface area contributed by atoms with Crippen molar-refractivity contribution in [1.29, 1.82) is 0 Å². The molecular weight excluding hydrogens is 211 g/mol. The summed E-state index contributed by atoms with van der Waals surface area (Å²) < 4.78 is 11.1. The fourth-order valence-electron chi connectivity index (χ4n) is 1.33. The topological polar surface area (TPSA) is 35.5 Å². The molecule has 0 amide bonds. The molecule has 0 N–H and O–H groups in total. The fourth-order valence-corrected chi connectivity index (χ4v) is 3.30. The van der Waals surface area contributed by atoms with Crippen molar-refractivity contribution in [3.05, 3.63) is 30.3 Å². The third-order valence-electron chi connectivity index (χ3n) is 1.90. The first-order valence-corrected chi connectivity index (χ1v) is 6.68. The zero-order valence-corrected chi connectivity index (χ0v) is 9.94. The van der Waals surface area contributed by atoms with Crippen LogP contribution in [0.25, 0.3) is 0 Å². The molecule has 0 saturated heterocycles. The van der Waals surface area contributed by atoms with Crippen molar-refractivity contribution >= 4 is 19.0 Å². The molecule has 0 spiro atoms. The Labute approximate surface area is 90.9 Å². The Morgan fingerprint density at radius 3 is 2.07 bits per heavy atom. The van der Waals surface area contributed by atoms with Crippen LogP contribution < -0.4 is 5.30 Å². The first-order valence-electron chi connectivity index (χ1n) is 4.98. The van der Waals surface area contributed by atoms with Gasteiger partial charge in [-0.2, -0.15) is 9.05 Å². The van der Waals surface area contributed by atoms with Crippen molar-refractivity contribution in [2.24, 2.45) is 0 Å². The van der Waals surface area contributed by atoms with Crippen LogP contribution in [0.4, 0.5) is 0 Å². The molecule has 0 aliphatic rings. The van der Waals surface area contributed by atoms with Crippen LogP contribution in [0.1, 0.15) is 13.8 Å². The first kappa shape index (κ1) is 12.3. The molecule has 3 nitrogen and oxygen atoms in total. The maximum atomic E-state index is 11.2. The highest BCUT2D eigenvalue weighted by atomic mass is 31.2. The van der Waals surface area contributed by atoms with Crippen LogP contribution in [0.2, 0.25) is 0 Å². The van der Waals surface area contributed by atoms with Crippen molar-refractivity contribution in [1.82, 2.24) is 0 Å². The van der Waals surface area contributed by atoms with E-state index >= 15 is 0 Å². The fraction of sp³-hybridized carbons (Fsp3) is 0.364. The molecule has 0 aliphatic heterocycles. The molecule has 82 valence electrons. The first-order chi connectivity index (χ1) is 7.29. The lowest BCUT2D eigenvalue weighted by atomic mass is 10.4. The Morgan fingerprint density at radius 2 is 1.67 bits per heavy atom. The Balaban J connectivity index is 3.03. The molecule has 0 radical (unpaired) electrons. The van der Waals surface area contributed by atoms with E-state index < -0.39 is 7.72 Å². The molecule has 1 aromatic rings. The Morgan fingerprint density at radius 1 is 1.13 bits per heavy atom. The van der Waals surface area contributed by atoms with Gasteiger partial charge in [-0.3, -0.25) is 4.79 Å². The van der Waals surface area contributed by atoms with Gasteiger partial charge < -0.3 is 0 Å². The predicted molar refractivity (Wildman–Crippen MR) is 63.0 cm³/mol. The number of carbonyl (C=O) groups is 1. The van der Waals surface area contributed by atoms with Gasteiger partial charge in [0.25, 0.3) is 0 Å². The summed E-state index contributed by atoms with van der Waals surface area (Å²) in [6.07, 6.45) is 0. The zero-order valence-electron chi connectivity index (χ0n) is 9.05. The summed E-state index contributed by atoms with van der Waals surface area (Å²) in [4.78, 5) is 11.2. The van der Waals surface area contributed by atoms with Gasteiger partial charge in [-0.15, -0.1) is 0 Å². The van der Waals surface area contributed by atoms with Crippen molar-refractivity contribution in [2.45, 2.75) is 13.8 Å². The number of benzene rings is 1. The lowest BCUT2D eigenvalue weighted by Gasteiger charge is -2.16. The molecule has 0 aromatic heterocycles. The molecule has 1 aromatic carbocycles. The van der Waals surface area contributed by atoms with E-state index in [0.717, 1.165) is 11.3 Å². The van der Waals surface area contributed by atoms with Gasteiger partial charge in [0.1, 0.15) is 0 Å². The molecule has 0 bridgehead atoms. The minimum absolute atomic E-state index is 0.474. The monoisotopic (exact) mass is 227 g/mol. The lowest BCUT2D eigenvalue weighted by molar-refractivity contribution is 0.266. The molecule has 1 rings (SSSR count). The molecule has 0 heterocycles. The van der Waals surface area contributed by atoms with Gasteiger partial charge in [0.05, 0.1) is 13.2 Å². The Bertz CT molecular complexity index is 294. The minimum atomic E-state index is -2.51. The second kappa shape index (κ2) is 5.96. The molecule has 0 fully saturated rings. The number of hydrogen-bond donors (Lipinski definition) is 0. The molecule has 15 heavy (non-hydrogen) atoms. The van der Waals surface area contributed by atoms with E-state index in [9.17, 15) is 4.79 Å². The van der Waals surface area contributed by atoms with E-state index in [-0.39, 0.29) is 0 Å². The maximum absolute atomic E-state index is 11.2. The molecular formula is C11H16O3P+. The third-order valence-corrected chi connectivity index (χ3v) is 4.48. The Hall–Kier alpha value is -0.760. The third kappa shape index (κ3) is 2.85. The molecule has 0 saturated carbocycles. The summed E-state index contributed by atoms with van der Waals surface area (Å²) >= 11 is 0. The van der Waals surface area contributed by atoms with Gasteiger partial charge in [-0.1, -0.05) is 18.2 Å². The summed E-state index contributed by atoms with van der Waals surface area (Å²) in [6.45, 7) is 4.67. The quantitative estimate of drug-likeness (QED) is 0.553. The SMILES string of the molecule is CCO[P+](C=O)(OCC)c1ccccc1. The van der Waals surface area contributed by atoms with Gasteiger partial charge in [0, 0.05) is 0 Å². The highest BCUT2D eigenvalue weighted by Crippen LogP contribution is 2.56. The summed E-state index contributed by atoms with van der Waals surface area (Å²) in [5.41, 5.74) is 0. The normalized spacial score (nSPS) is 11.3. The average molecular weight is 227 g/mol. The van der Waals surface area contributed by atoms with Crippen molar-refractivity contribution in [3.63, 3.8) is 0 Å². The van der Waals surface area contributed by atoms with E-state index in [2.05, 4.69) is 0 Å². The summed E-state index contributed by atoms with van der Waals surface area (Å²) in [7, 11) is -2.51. The number of hydrogen-bond acceptors (Lipinski definition) is 3. The van der Waals surface area contributed by atoms with Crippen LogP contribution in [-0.2, 0) is 13.8 Å². The molecule has 0 aliphatic carbocycles. The number of rotatable bonds is 6. The van der Waals surface area contributed by atoms with Crippen LogP contribution in [0, 0.1) is 0 Å². The van der Waals surface area contributed by atoms with Crippen molar-refractivity contribution in [2.75, 3.05) is 13.2 Å². The second-order valence-electron chi connectivity index (χ2n) is 2.87. The van der Waals surface area contributed by atoms with Crippen LogP contribution in [0.3, 0.4) is 0 Å². The predicted octanol–water partition coefficient (Wildman–Crippen LogP) is 2.42. The highest BCUT2D eigenvalue weighted by molar-refractivity contribution is 7.87. The summed E-state index contributed by atoms with van der Waals surface area (Å²) in [5, 5.41) is 0.837. The van der Waals surface area contributed by atoms with Crippen LogP contribution in [0.5, 0.6) is 0 Å². The summed E-state index contributed by atoms with van der Waals surface area (Å²) in [5.74, 6) is 0. The van der Waals surface area contributed by atoms with Crippen LogP contribution >= 0.6 is 7.72 Å². The summed E-state index contributed by atoms with van der Waals surface area (Å²) in [6, 6.07) is 10.2. The van der Waals surface area contributed by atoms with E-state index in [1.807, 2.05) is 44.2 Å². The van der Waals surface area contributed by atoms with Gasteiger partial charge in [-0.25, -0.2) is 0 Å². The van der Waals surface area contributed by atoms with Gasteiger partial charge in [0.15, 0.2) is 5.30 Å². The van der Waals surface area contributed by atoms with Crippen LogP contribution in [-0.4, -0.2) is 19.2 Å². The average Bonchev–Trinajstić information content (AvgIpc) is 2.30. The molecule has 4 heteroatoms. The van der Waals surface area contributed by atoms with E-state index in [0.29, 0.717) is 13.2 Å². The second-order valence-corrected chi connectivity index (χ2v) is 5.31. The van der Waals surface area contributed by atoms with E-state index in [4.69, 9.17) is 9.05 Å². The molecule has 0 unspecified atom stereocenters. The standard InChI is InChI=1S/C11H16O3P/c1-3-13-15(10-12,14-4-2)11-8-6-5-7-9-11/h5-10H,3-4H2,1-2H3/q+1. The van der Waals surface area contributed by atoms with Crippen molar-refractivity contribution in [3.8, 4) is 0 Å². The lowest BCUT2D eigenvalue weighted by Crippen LogP contribution is -2.17. The smallest absolute Gasteiger partial charge is 0.250 e. The van der Waals surface area contributed by atoms with Gasteiger partial charge >= 0.3 is 13.7 Å². The largest absolute Gasteiger partial charge is 0.373 e. The van der Waals surface area contributed by atoms with Gasteiger partial charge in [-0.05, 0) is 26.0 Å².